The fraction of sp³-hybridized carbons (Fsp3) is 0.559. The van der Waals surface area contributed by atoms with E-state index in [4.69, 9.17) is 19.3 Å². The van der Waals surface area contributed by atoms with Gasteiger partial charge in [-0.05, 0) is 67.9 Å². The molecule has 2 aromatic rings. The third kappa shape index (κ3) is 14.1. The monoisotopic (exact) mass is 677 g/mol. The molecule has 47 heavy (non-hydrogen) atoms. The highest BCUT2D eigenvalue weighted by molar-refractivity contribution is 7.46. The molecule has 4 N–H and O–H groups in total. The second kappa shape index (κ2) is 18.2. The summed E-state index contributed by atoms with van der Waals surface area (Å²) in [5, 5.41) is 5.93. The minimum Gasteiger partial charge on any atom is -0.425 e. The number of esters is 2. The Balaban J connectivity index is 2.33. The van der Waals surface area contributed by atoms with E-state index in [0.29, 0.717) is 29.6 Å². The summed E-state index contributed by atoms with van der Waals surface area (Å²) in [5.74, 6) is -1.69. The van der Waals surface area contributed by atoms with E-state index in [1.807, 2.05) is 56.3 Å². The number of nitrogens with zero attached hydrogens (tertiary/aromatic N) is 1. The first-order chi connectivity index (χ1) is 21.9. The minimum absolute atomic E-state index is 0.0398. The van der Waals surface area contributed by atoms with Crippen LogP contribution in [0.1, 0.15) is 85.3 Å². The number of amides is 2. The Kier molecular flexibility index (Phi) is 15.4. The number of hydrogen-bond acceptors (Lipinski definition) is 8. The zero-order chi connectivity index (χ0) is 35.5. The maximum absolute atomic E-state index is 13.2. The Morgan fingerprint density at radius 2 is 1.47 bits per heavy atom. The van der Waals surface area contributed by atoms with Crippen LogP contribution in [0.4, 0.5) is 21.9 Å². The molecule has 12 nitrogen and oxygen atoms in total. The topological polar surface area (TPSA) is 164 Å². The van der Waals surface area contributed by atoms with Gasteiger partial charge in [0.15, 0.2) is 6.10 Å². The van der Waals surface area contributed by atoms with Crippen molar-refractivity contribution in [3.05, 3.63) is 53.6 Å². The smallest absolute Gasteiger partial charge is 0.425 e. The number of phosphoric ester groups is 1. The van der Waals surface area contributed by atoms with Gasteiger partial charge in [-0.15, -0.1) is 0 Å². The van der Waals surface area contributed by atoms with Crippen molar-refractivity contribution in [3.8, 4) is 0 Å². The largest absolute Gasteiger partial charge is 0.470 e. The first-order valence-corrected chi connectivity index (χ1v) is 17.6. The predicted molar refractivity (Wildman–Crippen MR) is 183 cm³/mol. The number of urea groups is 1. The van der Waals surface area contributed by atoms with Crippen LogP contribution in [-0.2, 0) is 28.2 Å². The quantitative estimate of drug-likeness (QED) is 0.0764. The first-order valence-electron chi connectivity index (χ1n) is 16.1. The number of aryl methyl sites for hydroxylation is 1. The minimum atomic E-state index is -4.93. The number of anilines is 3. The molecular formula is C34H52N3O9P. The van der Waals surface area contributed by atoms with E-state index in [-0.39, 0.29) is 12.3 Å². The average molecular weight is 678 g/mol. The molecule has 0 fully saturated rings. The fourth-order valence-corrected chi connectivity index (χ4v) is 5.39. The van der Waals surface area contributed by atoms with Crippen molar-refractivity contribution in [2.45, 2.75) is 93.5 Å². The van der Waals surface area contributed by atoms with Gasteiger partial charge in [-0.25, -0.2) is 14.2 Å². The fourth-order valence-electron chi connectivity index (χ4n) is 4.89. The van der Waals surface area contributed by atoms with Crippen LogP contribution in [0.25, 0.3) is 0 Å². The standard InChI is InChI=1S/C34H52N3O9P/c1-10-26(18-31(38)44-33(23(6)7)45-32(39)25(9)46-47(41,42)43)27-13-16-30(37(19-21(2)3)20-22(4)5)29(17-27)36-34(40)35-28-14-11-24(8)12-15-28/h11-17,21-23,25-26,33H,10,18-20H2,1-9H3,(H2,35,36,40)(H2,41,42,43). The molecule has 262 valence electrons. The summed E-state index contributed by atoms with van der Waals surface area (Å²) in [4.78, 5) is 58.9. The number of rotatable bonds is 17. The normalized spacial score (nSPS) is 13.7. The molecular weight excluding hydrogens is 625 g/mol. The van der Waals surface area contributed by atoms with Crippen LogP contribution in [0.15, 0.2) is 42.5 Å². The van der Waals surface area contributed by atoms with Crippen molar-refractivity contribution in [3.63, 3.8) is 0 Å². The second-order valence-corrected chi connectivity index (χ2v) is 14.2. The van der Waals surface area contributed by atoms with Crippen LogP contribution >= 0.6 is 7.82 Å². The Morgan fingerprint density at radius 1 is 0.872 bits per heavy atom. The van der Waals surface area contributed by atoms with Crippen molar-refractivity contribution in [1.82, 2.24) is 0 Å². The number of carbonyl (C=O) groups is 3. The van der Waals surface area contributed by atoms with Gasteiger partial charge in [0.25, 0.3) is 0 Å². The van der Waals surface area contributed by atoms with Crippen LogP contribution in [0.2, 0.25) is 0 Å². The molecule has 0 bridgehead atoms. The lowest BCUT2D eigenvalue weighted by Gasteiger charge is -2.31. The molecule has 2 aromatic carbocycles. The van der Waals surface area contributed by atoms with E-state index >= 15 is 0 Å². The Labute approximate surface area is 278 Å². The van der Waals surface area contributed by atoms with Gasteiger partial charge in [0.2, 0.25) is 6.29 Å². The van der Waals surface area contributed by atoms with E-state index in [2.05, 4.69) is 47.8 Å². The van der Waals surface area contributed by atoms with E-state index in [0.717, 1.165) is 36.8 Å². The zero-order valence-corrected chi connectivity index (χ0v) is 29.9. The van der Waals surface area contributed by atoms with Gasteiger partial charge in [-0.1, -0.05) is 72.2 Å². The van der Waals surface area contributed by atoms with Gasteiger partial charge < -0.3 is 34.8 Å². The van der Waals surface area contributed by atoms with Crippen molar-refractivity contribution < 1.29 is 42.7 Å². The molecule has 3 atom stereocenters. The number of benzene rings is 2. The summed E-state index contributed by atoms with van der Waals surface area (Å²) >= 11 is 0. The van der Waals surface area contributed by atoms with Gasteiger partial charge in [-0.3, -0.25) is 9.32 Å². The SMILES string of the molecule is CCC(CC(=O)OC(OC(=O)C(C)OP(=O)(O)O)C(C)C)c1ccc(N(CC(C)C)CC(C)C)c(NC(=O)Nc2ccc(C)cc2)c1. The number of nitrogens with one attached hydrogen (secondary N) is 2. The molecule has 0 aliphatic carbocycles. The molecule has 0 aromatic heterocycles. The van der Waals surface area contributed by atoms with Gasteiger partial charge in [0.1, 0.15) is 0 Å². The summed E-state index contributed by atoms with van der Waals surface area (Å²) in [6, 6.07) is 12.9. The van der Waals surface area contributed by atoms with E-state index < -0.39 is 44.1 Å². The van der Waals surface area contributed by atoms with Gasteiger partial charge in [0, 0.05) is 24.7 Å². The van der Waals surface area contributed by atoms with Crippen molar-refractivity contribution in [2.75, 3.05) is 28.6 Å². The van der Waals surface area contributed by atoms with E-state index in [1.54, 1.807) is 13.8 Å². The second-order valence-electron chi connectivity index (χ2n) is 13.0. The zero-order valence-electron chi connectivity index (χ0n) is 29.0. The molecule has 2 amide bonds. The molecule has 3 unspecified atom stereocenters. The maximum atomic E-state index is 13.2. The average Bonchev–Trinajstić information content (AvgIpc) is 2.94. The maximum Gasteiger partial charge on any atom is 0.470 e. The molecule has 0 saturated carbocycles. The summed E-state index contributed by atoms with van der Waals surface area (Å²) in [7, 11) is -4.93. The Bertz CT molecular complexity index is 1370. The third-order valence-corrected chi connectivity index (χ3v) is 7.71. The van der Waals surface area contributed by atoms with E-state index in [1.165, 1.54) is 0 Å². The highest BCUT2D eigenvalue weighted by Gasteiger charge is 2.31. The predicted octanol–water partition coefficient (Wildman–Crippen LogP) is 7.21. The summed E-state index contributed by atoms with van der Waals surface area (Å²) in [6.07, 6.45) is -2.33. The third-order valence-electron chi connectivity index (χ3n) is 7.12. The van der Waals surface area contributed by atoms with Gasteiger partial charge >= 0.3 is 25.8 Å². The molecule has 2 rings (SSSR count). The molecule has 0 radical (unpaired) electrons. The van der Waals surface area contributed by atoms with Crippen LogP contribution in [-0.4, -0.2) is 53.2 Å². The van der Waals surface area contributed by atoms with Crippen molar-refractivity contribution >= 4 is 42.9 Å². The van der Waals surface area contributed by atoms with Crippen molar-refractivity contribution in [1.29, 1.82) is 0 Å². The lowest BCUT2D eigenvalue weighted by Crippen LogP contribution is -2.34. The lowest BCUT2D eigenvalue weighted by molar-refractivity contribution is -0.200. The number of ether oxygens (including phenoxy) is 2. The summed E-state index contributed by atoms with van der Waals surface area (Å²) in [5.41, 5.74) is 4.02. The Hall–Kier alpha value is -3.44. The van der Waals surface area contributed by atoms with Crippen molar-refractivity contribution in [2.24, 2.45) is 17.8 Å². The molecule has 0 aliphatic rings. The molecule has 0 heterocycles. The first kappa shape index (κ1) is 39.7. The highest BCUT2D eigenvalue weighted by Crippen LogP contribution is 2.38. The van der Waals surface area contributed by atoms with E-state index in [9.17, 15) is 18.9 Å². The Morgan fingerprint density at radius 3 is 1.98 bits per heavy atom. The van der Waals surface area contributed by atoms with Crippen LogP contribution in [0.3, 0.4) is 0 Å². The number of phosphoric acid groups is 1. The van der Waals surface area contributed by atoms with Gasteiger partial charge in [-0.2, -0.15) is 0 Å². The molecule has 0 saturated heterocycles. The van der Waals surface area contributed by atoms with Crippen LogP contribution < -0.4 is 15.5 Å². The number of carbonyl (C=O) groups excluding carboxylic acids is 3. The van der Waals surface area contributed by atoms with Crippen LogP contribution in [0, 0.1) is 24.7 Å². The highest BCUT2D eigenvalue weighted by atomic mass is 31.2. The van der Waals surface area contributed by atoms with Gasteiger partial charge in [0.05, 0.1) is 17.8 Å². The molecule has 13 heteroatoms. The van der Waals surface area contributed by atoms with Crippen LogP contribution in [0.5, 0.6) is 0 Å². The molecule has 0 aliphatic heterocycles. The molecule has 0 spiro atoms. The summed E-state index contributed by atoms with van der Waals surface area (Å²) in [6.45, 7) is 18.5. The lowest BCUT2D eigenvalue weighted by atomic mass is 9.92. The summed E-state index contributed by atoms with van der Waals surface area (Å²) < 4.78 is 26.2. The number of hydrogen-bond donors (Lipinski definition) is 4.